The maximum atomic E-state index is 12.6. The van der Waals surface area contributed by atoms with E-state index in [4.69, 9.17) is 5.11 Å². The first-order chi connectivity index (χ1) is 4.70. The summed E-state index contributed by atoms with van der Waals surface area (Å²) in [6, 6.07) is -0.461. The lowest BCUT2D eigenvalue weighted by molar-refractivity contribution is -0.137. The molecular formula is C6H10FNO2. The zero-order chi connectivity index (χ0) is 7.56. The Kier molecular flexibility index (Phi) is 2.21. The minimum atomic E-state index is -0.976. The molecule has 1 saturated heterocycles. The summed E-state index contributed by atoms with van der Waals surface area (Å²) in [5, 5.41) is 11.1. The third-order valence-electron chi connectivity index (χ3n) is 1.66. The molecule has 58 valence electrons. The molecule has 0 saturated carbocycles. The van der Waals surface area contributed by atoms with E-state index >= 15 is 0 Å². The van der Waals surface area contributed by atoms with Crippen LogP contribution in [0.15, 0.2) is 0 Å². The smallest absolute Gasteiger partial charge is 0.305 e. The molecule has 0 aromatic carbocycles. The van der Waals surface area contributed by atoms with Crippen LogP contribution in [0.25, 0.3) is 0 Å². The van der Waals surface area contributed by atoms with Gasteiger partial charge < -0.3 is 10.4 Å². The second-order valence-corrected chi connectivity index (χ2v) is 2.46. The summed E-state index contributed by atoms with van der Waals surface area (Å²) in [4.78, 5) is 10.1. The van der Waals surface area contributed by atoms with Crippen LogP contribution in [0, 0.1) is 0 Å². The number of nitrogens with one attached hydrogen (secondary N) is 1. The van der Waals surface area contributed by atoms with Crippen LogP contribution in [-0.4, -0.2) is 29.8 Å². The molecule has 1 aliphatic rings. The average Bonchev–Trinajstić information content (AvgIpc) is 2.15. The van der Waals surface area contributed by atoms with Gasteiger partial charge in [-0.25, -0.2) is 4.39 Å². The number of halogens is 1. The molecule has 1 rings (SSSR count). The van der Waals surface area contributed by atoms with Crippen LogP contribution in [0.1, 0.15) is 12.8 Å². The third-order valence-corrected chi connectivity index (χ3v) is 1.66. The molecule has 0 aromatic heterocycles. The van der Waals surface area contributed by atoms with Gasteiger partial charge in [-0.2, -0.15) is 0 Å². The minimum Gasteiger partial charge on any atom is -0.481 e. The molecule has 0 bridgehead atoms. The Bertz CT molecular complexity index is 140. The maximum Gasteiger partial charge on any atom is 0.305 e. The lowest BCUT2D eigenvalue weighted by Crippen LogP contribution is -2.30. The second-order valence-electron chi connectivity index (χ2n) is 2.46. The van der Waals surface area contributed by atoms with Crippen LogP contribution in [0.2, 0.25) is 0 Å². The molecule has 1 heterocycles. The summed E-state index contributed by atoms with van der Waals surface area (Å²) in [5.41, 5.74) is 0. The van der Waals surface area contributed by atoms with Gasteiger partial charge in [0.25, 0.3) is 0 Å². The van der Waals surface area contributed by atoms with Crippen LogP contribution in [0.4, 0.5) is 4.39 Å². The van der Waals surface area contributed by atoms with E-state index in [9.17, 15) is 9.18 Å². The van der Waals surface area contributed by atoms with Crippen molar-refractivity contribution < 1.29 is 14.3 Å². The number of hydrogen-bond acceptors (Lipinski definition) is 2. The first kappa shape index (κ1) is 7.47. The van der Waals surface area contributed by atoms with Crippen LogP contribution in [0.3, 0.4) is 0 Å². The highest BCUT2D eigenvalue weighted by atomic mass is 19.1. The van der Waals surface area contributed by atoms with Gasteiger partial charge >= 0.3 is 5.97 Å². The van der Waals surface area contributed by atoms with Crippen molar-refractivity contribution in [3.8, 4) is 0 Å². The highest BCUT2D eigenvalue weighted by Crippen LogP contribution is 2.13. The van der Waals surface area contributed by atoms with E-state index < -0.39 is 18.2 Å². The van der Waals surface area contributed by atoms with Crippen molar-refractivity contribution in [3.63, 3.8) is 0 Å². The van der Waals surface area contributed by atoms with E-state index in [0.717, 1.165) is 0 Å². The van der Waals surface area contributed by atoms with Gasteiger partial charge in [0.15, 0.2) is 0 Å². The van der Waals surface area contributed by atoms with Gasteiger partial charge in [-0.1, -0.05) is 0 Å². The summed E-state index contributed by atoms with van der Waals surface area (Å²) in [6.45, 7) is 0.596. The molecular weight excluding hydrogens is 137 g/mol. The predicted molar refractivity (Wildman–Crippen MR) is 33.6 cm³/mol. The topological polar surface area (TPSA) is 49.3 Å². The van der Waals surface area contributed by atoms with Gasteiger partial charge in [-0.05, 0) is 13.0 Å². The molecule has 1 aliphatic heterocycles. The van der Waals surface area contributed by atoms with Gasteiger partial charge in [0.2, 0.25) is 0 Å². The molecule has 0 aromatic rings. The Balaban J connectivity index is 2.33. The molecule has 0 spiro atoms. The zero-order valence-corrected chi connectivity index (χ0v) is 5.51. The summed E-state index contributed by atoms with van der Waals surface area (Å²) < 4.78 is 12.6. The fourth-order valence-electron chi connectivity index (χ4n) is 1.12. The zero-order valence-electron chi connectivity index (χ0n) is 5.51. The standard InChI is InChI=1S/C6H10FNO2/c7-4-1-2-8-5(4)3-6(9)10/h4-5,8H,1-3H2,(H,9,10). The number of carboxylic acid groups (broad SMARTS) is 1. The molecule has 1 fully saturated rings. The lowest BCUT2D eigenvalue weighted by Gasteiger charge is -2.08. The van der Waals surface area contributed by atoms with E-state index in [2.05, 4.69) is 5.32 Å². The van der Waals surface area contributed by atoms with Crippen molar-refractivity contribution in [1.29, 1.82) is 0 Å². The van der Waals surface area contributed by atoms with Crippen molar-refractivity contribution in [1.82, 2.24) is 5.32 Å². The van der Waals surface area contributed by atoms with Crippen LogP contribution < -0.4 is 5.32 Å². The molecule has 2 atom stereocenters. The Morgan fingerprint density at radius 1 is 1.80 bits per heavy atom. The number of carbonyl (C=O) groups is 1. The Morgan fingerprint density at radius 3 is 2.90 bits per heavy atom. The number of hydrogen-bond donors (Lipinski definition) is 2. The fraction of sp³-hybridized carbons (Fsp3) is 0.833. The van der Waals surface area contributed by atoms with Gasteiger partial charge in [0.1, 0.15) is 6.17 Å². The summed E-state index contributed by atoms with van der Waals surface area (Å²) in [7, 11) is 0. The van der Waals surface area contributed by atoms with Crippen LogP contribution in [0.5, 0.6) is 0 Å². The number of aliphatic carboxylic acids is 1. The van der Waals surface area contributed by atoms with Crippen molar-refractivity contribution >= 4 is 5.97 Å². The SMILES string of the molecule is O=C(O)CC1NCCC1F. The van der Waals surface area contributed by atoms with Gasteiger partial charge in [0.05, 0.1) is 6.42 Å². The summed E-state index contributed by atoms with van der Waals surface area (Å²) in [5.74, 6) is -0.943. The minimum absolute atomic E-state index is 0.110. The Hall–Kier alpha value is -0.640. The molecule has 0 amide bonds. The monoisotopic (exact) mass is 147 g/mol. The second kappa shape index (κ2) is 2.96. The molecule has 10 heavy (non-hydrogen) atoms. The van der Waals surface area contributed by atoms with E-state index in [1.54, 1.807) is 0 Å². The van der Waals surface area contributed by atoms with E-state index in [1.807, 2.05) is 0 Å². The number of alkyl halides is 1. The van der Waals surface area contributed by atoms with E-state index in [0.29, 0.717) is 13.0 Å². The van der Waals surface area contributed by atoms with Crippen molar-refractivity contribution in [3.05, 3.63) is 0 Å². The molecule has 4 heteroatoms. The normalized spacial score (nSPS) is 32.5. The number of carboxylic acids is 1. The predicted octanol–water partition coefficient (Wildman–Crippen LogP) is 0.161. The molecule has 2 unspecified atom stereocenters. The quantitative estimate of drug-likeness (QED) is 0.585. The van der Waals surface area contributed by atoms with Gasteiger partial charge in [0, 0.05) is 6.04 Å². The van der Waals surface area contributed by atoms with E-state index in [-0.39, 0.29) is 6.42 Å². The highest BCUT2D eigenvalue weighted by Gasteiger charge is 2.27. The highest BCUT2D eigenvalue weighted by molar-refractivity contribution is 5.67. The Morgan fingerprint density at radius 2 is 2.50 bits per heavy atom. The Labute approximate surface area is 58.2 Å². The number of rotatable bonds is 2. The molecule has 3 nitrogen and oxygen atoms in total. The largest absolute Gasteiger partial charge is 0.481 e. The maximum absolute atomic E-state index is 12.6. The first-order valence-corrected chi connectivity index (χ1v) is 3.29. The third kappa shape index (κ3) is 1.67. The van der Waals surface area contributed by atoms with Gasteiger partial charge in [-0.3, -0.25) is 4.79 Å². The summed E-state index contributed by atoms with van der Waals surface area (Å²) >= 11 is 0. The van der Waals surface area contributed by atoms with Crippen molar-refractivity contribution in [2.24, 2.45) is 0 Å². The van der Waals surface area contributed by atoms with Gasteiger partial charge in [-0.15, -0.1) is 0 Å². The first-order valence-electron chi connectivity index (χ1n) is 3.29. The van der Waals surface area contributed by atoms with E-state index in [1.165, 1.54) is 0 Å². The average molecular weight is 147 g/mol. The molecule has 2 N–H and O–H groups in total. The lowest BCUT2D eigenvalue weighted by atomic mass is 10.1. The van der Waals surface area contributed by atoms with Crippen LogP contribution in [-0.2, 0) is 4.79 Å². The van der Waals surface area contributed by atoms with Crippen LogP contribution >= 0.6 is 0 Å². The summed E-state index contributed by atoms with van der Waals surface area (Å²) in [6.07, 6.45) is -0.643. The fourth-order valence-corrected chi connectivity index (χ4v) is 1.12. The van der Waals surface area contributed by atoms with Crippen molar-refractivity contribution in [2.75, 3.05) is 6.54 Å². The molecule has 0 radical (unpaired) electrons. The van der Waals surface area contributed by atoms with Crippen molar-refractivity contribution in [2.45, 2.75) is 25.1 Å². The molecule has 0 aliphatic carbocycles.